The van der Waals surface area contributed by atoms with Crippen molar-refractivity contribution in [1.82, 2.24) is 15.2 Å². The standard InChI is InChI=1S/C14H20N4O/c1-18-12(9-10-16-18)5-8-14(17-15)11-3-6-13(19-2)7-4-11/h3-4,6-7,9-10,14,17H,5,8,15H2,1-2H3. The van der Waals surface area contributed by atoms with Crippen LogP contribution in [0.2, 0.25) is 0 Å². The summed E-state index contributed by atoms with van der Waals surface area (Å²) in [7, 11) is 3.61. The predicted molar refractivity (Wildman–Crippen MR) is 74.6 cm³/mol. The van der Waals surface area contributed by atoms with E-state index >= 15 is 0 Å². The lowest BCUT2D eigenvalue weighted by Gasteiger charge is -2.16. The molecule has 1 atom stereocenters. The van der Waals surface area contributed by atoms with Crippen molar-refractivity contribution < 1.29 is 4.74 Å². The van der Waals surface area contributed by atoms with Crippen molar-refractivity contribution in [3.63, 3.8) is 0 Å². The van der Waals surface area contributed by atoms with Crippen LogP contribution >= 0.6 is 0 Å². The molecule has 0 spiro atoms. The fourth-order valence-corrected chi connectivity index (χ4v) is 2.12. The van der Waals surface area contributed by atoms with E-state index in [4.69, 9.17) is 10.6 Å². The van der Waals surface area contributed by atoms with Gasteiger partial charge in [-0.1, -0.05) is 12.1 Å². The first-order valence-electron chi connectivity index (χ1n) is 6.31. The van der Waals surface area contributed by atoms with Crippen LogP contribution in [0.15, 0.2) is 36.5 Å². The summed E-state index contributed by atoms with van der Waals surface area (Å²) in [4.78, 5) is 0. The molecule has 0 bridgehead atoms. The van der Waals surface area contributed by atoms with E-state index in [9.17, 15) is 0 Å². The van der Waals surface area contributed by atoms with Crippen molar-refractivity contribution in [3.8, 4) is 5.75 Å². The van der Waals surface area contributed by atoms with Gasteiger partial charge in [0.05, 0.1) is 7.11 Å². The smallest absolute Gasteiger partial charge is 0.118 e. The van der Waals surface area contributed by atoms with Crippen LogP contribution in [-0.2, 0) is 13.5 Å². The van der Waals surface area contributed by atoms with E-state index in [1.807, 2.05) is 48.3 Å². The molecule has 0 aliphatic rings. The van der Waals surface area contributed by atoms with Gasteiger partial charge >= 0.3 is 0 Å². The third kappa shape index (κ3) is 3.33. The third-order valence-electron chi connectivity index (χ3n) is 3.33. The van der Waals surface area contributed by atoms with Crippen molar-refractivity contribution in [1.29, 1.82) is 0 Å². The van der Waals surface area contributed by atoms with Gasteiger partial charge < -0.3 is 4.74 Å². The van der Waals surface area contributed by atoms with Gasteiger partial charge in [0, 0.05) is 25.0 Å². The largest absolute Gasteiger partial charge is 0.497 e. The van der Waals surface area contributed by atoms with Crippen molar-refractivity contribution in [2.24, 2.45) is 12.9 Å². The molecule has 0 radical (unpaired) electrons. The Morgan fingerprint density at radius 2 is 2.05 bits per heavy atom. The van der Waals surface area contributed by atoms with Crippen molar-refractivity contribution in [2.45, 2.75) is 18.9 Å². The molecule has 0 aliphatic heterocycles. The van der Waals surface area contributed by atoms with Crippen LogP contribution in [-0.4, -0.2) is 16.9 Å². The van der Waals surface area contributed by atoms with E-state index < -0.39 is 0 Å². The van der Waals surface area contributed by atoms with Crippen molar-refractivity contribution in [3.05, 3.63) is 47.8 Å². The maximum Gasteiger partial charge on any atom is 0.118 e. The average molecular weight is 260 g/mol. The Morgan fingerprint density at radius 1 is 1.32 bits per heavy atom. The zero-order chi connectivity index (χ0) is 13.7. The van der Waals surface area contributed by atoms with Gasteiger partial charge in [-0.25, -0.2) is 0 Å². The summed E-state index contributed by atoms with van der Waals surface area (Å²) in [6.07, 6.45) is 3.66. The fraction of sp³-hybridized carbons (Fsp3) is 0.357. The molecule has 5 nitrogen and oxygen atoms in total. The van der Waals surface area contributed by atoms with E-state index in [1.54, 1.807) is 7.11 Å². The maximum absolute atomic E-state index is 5.65. The molecule has 1 aromatic heterocycles. The molecule has 19 heavy (non-hydrogen) atoms. The van der Waals surface area contributed by atoms with Crippen LogP contribution in [0.25, 0.3) is 0 Å². The Bertz CT molecular complexity index is 506. The van der Waals surface area contributed by atoms with E-state index in [-0.39, 0.29) is 6.04 Å². The highest BCUT2D eigenvalue weighted by atomic mass is 16.5. The number of aromatic nitrogens is 2. The molecule has 102 valence electrons. The highest BCUT2D eigenvalue weighted by molar-refractivity contribution is 5.29. The first-order chi connectivity index (χ1) is 9.24. The minimum absolute atomic E-state index is 0.126. The monoisotopic (exact) mass is 260 g/mol. The number of rotatable bonds is 6. The summed E-state index contributed by atoms with van der Waals surface area (Å²) in [5, 5.41) is 4.16. The van der Waals surface area contributed by atoms with Crippen molar-refractivity contribution >= 4 is 0 Å². The SMILES string of the molecule is COc1ccc(C(CCc2ccnn2C)NN)cc1. The van der Waals surface area contributed by atoms with Crippen LogP contribution in [0.1, 0.15) is 23.7 Å². The van der Waals surface area contributed by atoms with Crippen molar-refractivity contribution in [2.75, 3.05) is 7.11 Å². The number of nitrogens with one attached hydrogen (secondary N) is 1. The molecule has 0 amide bonds. The number of ether oxygens (including phenoxy) is 1. The zero-order valence-corrected chi connectivity index (χ0v) is 11.3. The lowest BCUT2D eigenvalue weighted by atomic mass is 10.0. The van der Waals surface area contributed by atoms with Gasteiger partial charge in [0.15, 0.2) is 0 Å². The Kier molecular flexibility index (Phi) is 4.54. The van der Waals surface area contributed by atoms with E-state index in [0.29, 0.717) is 0 Å². The number of methoxy groups -OCH3 is 1. The molecule has 0 aliphatic carbocycles. The molecule has 2 rings (SSSR count). The van der Waals surface area contributed by atoms with E-state index in [1.165, 1.54) is 5.69 Å². The molecule has 2 aromatic rings. The van der Waals surface area contributed by atoms with E-state index in [0.717, 1.165) is 24.2 Å². The quantitative estimate of drug-likeness (QED) is 0.611. The molecular weight excluding hydrogens is 240 g/mol. The summed E-state index contributed by atoms with van der Waals surface area (Å²) in [5.74, 6) is 6.50. The number of benzene rings is 1. The number of hydrogen-bond donors (Lipinski definition) is 2. The Hall–Kier alpha value is -1.85. The predicted octanol–water partition coefficient (Wildman–Crippen LogP) is 1.57. The van der Waals surface area contributed by atoms with Crippen LogP contribution in [0, 0.1) is 0 Å². The minimum Gasteiger partial charge on any atom is -0.497 e. The highest BCUT2D eigenvalue weighted by Crippen LogP contribution is 2.21. The Morgan fingerprint density at radius 3 is 2.58 bits per heavy atom. The first-order valence-corrected chi connectivity index (χ1v) is 6.31. The second-order valence-corrected chi connectivity index (χ2v) is 4.48. The normalized spacial score (nSPS) is 12.4. The maximum atomic E-state index is 5.65. The summed E-state index contributed by atoms with van der Waals surface area (Å²) in [6.45, 7) is 0. The minimum atomic E-state index is 0.126. The second kappa shape index (κ2) is 6.36. The van der Waals surface area contributed by atoms with Gasteiger partial charge in [0.1, 0.15) is 5.75 Å². The lowest BCUT2D eigenvalue weighted by Crippen LogP contribution is -2.28. The summed E-state index contributed by atoms with van der Waals surface area (Å²) < 4.78 is 7.04. The van der Waals surface area contributed by atoms with Gasteiger partial charge in [0.2, 0.25) is 0 Å². The van der Waals surface area contributed by atoms with Gasteiger partial charge in [0.25, 0.3) is 0 Å². The third-order valence-corrected chi connectivity index (χ3v) is 3.33. The number of nitrogens with zero attached hydrogens (tertiary/aromatic N) is 2. The topological polar surface area (TPSA) is 65.1 Å². The van der Waals surface area contributed by atoms with Gasteiger partial charge in [-0.2, -0.15) is 5.10 Å². The molecule has 1 aromatic carbocycles. The lowest BCUT2D eigenvalue weighted by molar-refractivity contribution is 0.414. The summed E-state index contributed by atoms with van der Waals surface area (Å²) in [5.41, 5.74) is 5.23. The molecule has 3 N–H and O–H groups in total. The highest BCUT2D eigenvalue weighted by Gasteiger charge is 2.11. The number of nitrogens with two attached hydrogens (primary N) is 1. The summed E-state index contributed by atoms with van der Waals surface area (Å²) >= 11 is 0. The number of hydrazine groups is 1. The molecule has 0 fully saturated rings. The van der Waals surface area contributed by atoms with Crippen LogP contribution in [0.5, 0.6) is 5.75 Å². The molecule has 1 unspecified atom stereocenters. The zero-order valence-electron chi connectivity index (χ0n) is 11.3. The molecular formula is C14H20N4O. The Balaban J connectivity index is 2.01. The first kappa shape index (κ1) is 13.6. The molecule has 0 saturated heterocycles. The van der Waals surface area contributed by atoms with Gasteiger partial charge in [-0.05, 0) is 36.6 Å². The molecule has 5 heteroatoms. The number of aryl methyl sites for hydroxylation is 2. The van der Waals surface area contributed by atoms with Crippen LogP contribution < -0.4 is 16.0 Å². The number of hydrogen-bond acceptors (Lipinski definition) is 4. The van der Waals surface area contributed by atoms with Crippen LogP contribution in [0.4, 0.5) is 0 Å². The fourth-order valence-electron chi connectivity index (χ4n) is 2.12. The summed E-state index contributed by atoms with van der Waals surface area (Å²) in [6, 6.07) is 10.1. The molecule has 0 saturated carbocycles. The Labute approximate surface area is 113 Å². The average Bonchev–Trinajstić information content (AvgIpc) is 2.86. The van der Waals surface area contributed by atoms with E-state index in [2.05, 4.69) is 10.5 Å². The van der Waals surface area contributed by atoms with Gasteiger partial charge in [-0.15, -0.1) is 0 Å². The molecule has 1 heterocycles. The van der Waals surface area contributed by atoms with Crippen LogP contribution in [0.3, 0.4) is 0 Å². The second-order valence-electron chi connectivity index (χ2n) is 4.48. The van der Waals surface area contributed by atoms with Gasteiger partial charge in [-0.3, -0.25) is 16.0 Å².